The number of rotatable bonds is 4. The molecule has 0 unspecified atom stereocenters. The van der Waals surface area contributed by atoms with Crippen LogP contribution in [0.2, 0.25) is 0 Å². The number of benzene rings is 1. The molecule has 1 atom stereocenters. The average molecular weight is 180 g/mol. The van der Waals surface area contributed by atoms with Gasteiger partial charge in [-0.15, -0.1) is 0 Å². The molecule has 2 N–H and O–H groups in total. The van der Waals surface area contributed by atoms with Crippen molar-refractivity contribution >= 4 is 5.97 Å². The largest absolute Gasteiger partial charge is 0.787 e. The van der Waals surface area contributed by atoms with E-state index in [2.05, 4.69) is 0 Å². The molecular formula is C9H10NO3-. The summed E-state index contributed by atoms with van der Waals surface area (Å²) in [6.07, 6.45) is 0.208. The predicted molar refractivity (Wildman–Crippen MR) is 48.1 cm³/mol. The van der Waals surface area contributed by atoms with E-state index in [1.165, 1.54) is 5.48 Å². The van der Waals surface area contributed by atoms with Gasteiger partial charge in [-0.25, -0.2) is 0 Å². The van der Waals surface area contributed by atoms with Crippen molar-refractivity contribution in [2.75, 3.05) is 0 Å². The van der Waals surface area contributed by atoms with Crippen molar-refractivity contribution in [3.05, 3.63) is 41.1 Å². The second-order valence-electron chi connectivity index (χ2n) is 2.70. The summed E-state index contributed by atoms with van der Waals surface area (Å²) in [4.78, 5) is 10.5. The van der Waals surface area contributed by atoms with Gasteiger partial charge in [-0.05, 0) is 12.0 Å². The highest BCUT2D eigenvalue weighted by Gasteiger charge is 2.12. The summed E-state index contributed by atoms with van der Waals surface area (Å²) in [5.41, 5.74) is 2.33. The molecule has 0 aliphatic rings. The summed E-state index contributed by atoms with van der Waals surface area (Å²) in [5.74, 6) is -1.13. The van der Waals surface area contributed by atoms with E-state index in [1.54, 1.807) is 24.3 Å². The van der Waals surface area contributed by atoms with Crippen LogP contribution in [-0.4, -0.2) is 17.1 Å². The standard InChI is InChI=1S/C9H10NO3/c11-9(12)8(10-13)6-7-4-2-1-3-5-7/h1-5,8,10H,6H2,(H,11,12)/q-1/t8-/m0/s1. The fraction of sp³-hybridized carbons (Fsp3) is 0.222. The Morgan fingerprint density at radius 1 is 1.46 bits per heavy atom. The molecule has 13 heavy (non-hydrogen) atoms. The molecule has 0 amide bonds. The fourth-order valence-corrected chi connectivity index (χ4v) is 1.03. The number of nitrogens with one attached hydrogen (secondary N) is 1. The molecule has 0 saturated heterocycles. The van der Waals surface area contributed by atoms with Gasteiger partial charge in [0.25, 0.3) is 0 Å². The maximum atomic E-state index is 10.5. The SMILES string of the molecule is O=C(O)[C@H](Cc1ccccc1)N[O-]. The van der Waals surface area contributed by atoms with Crippen molar-refractivity contribution in [1.29, 1.82) is 0 Å². The Morgan fingerprint density at radius 3 is 2.54 bits per heavy atom. The Kier molecular flexibility index (Phi) is 3.42. The van der Waals surface area contributed by atoms with Crippen LogP contribution in [0.3, 0.4) is 0 Å². The van der Waals surface area contributed by atoms with Crippen molar-refractivity contribution in [2.24, 2.45) is 0 Å². The van der Waals surface area contributed by atoms with Crippen molar-refractivity contribution in [1.82, 2.24) is 5.48 Å². The Bertz CT molecular complexity index is 273. The molecule has 0 heterocycles. The van der Waals surface area contributed by atoms with Crippen LogP contribution in [0.25, 0.3) is 0 Å². The molecule has 4 nitrogen and oxygen atoms in total. The molecule has 0 fully saturated rings. The number of carboxylic acids is 1. The molecule has 4 heteroatoms. The summed E-state index contributed by atoms with van der Waals surface area (Å²) in [5, 5.41) is 18.8. The lowest BCUT2D eigenvalue weighted by Gasteiger charge is -2.17. The van der Waals surface area contributed by atoms with E-state index in [9.17, 15) is 10.0 Å². The number of hydrogen-bond acceptors (Lipinski definition) is 3. The van der Waals surface area contributed by atoms with Crippen LogP contribution in [0.1, 0.15) is 5.56 Å². The molecule has 0 bridgehead atoms. The van der Waals surface area contributed by atoms with Gasteiger partial charge in [-0.1, -0.05) is 30.3 Å². The van der Waals surface area contributed by atoms with Gasteiger partial charge in [0.15, 0.2) is 0 Å². The third-order valence-corrected chi connectivity index (χ3v) is 1.72. The zero-order valence-corrected chi connectivity index (χ0v) is 6.93. The fourth-order valence-electron chi connectivity index (χ4n) is 1.03. The molecule has 0 aliphatic carbocycles. The molecule has 1 aromatic carbocycles. The first-order chi connectivity index (χ1) is 6.24. The minimum atomic E-state index is -1.13. The molecular weight excluding hydrogens is 170 g/mol. The molecule has 0 spiro atoms. The molecule has 1 aromatic rings. The molecule has 1 rings (SSSR count). The summed E-state index contributed by atoms with van der Waals surface area (Å²) >= 11 is 0. The zero-order chi connectivity index (χ0) is 9.68. The Morgan fingerprint density at radius 2 is 2.08 bits per heavy atom. The van der Waals surface area contributed by atoms with E-state index in [0.29, 0.717) is 0 Å². The minimum absolute atomic E-state index is 0.208. The molecule has 0 radical (unpaired) electrons. The van der Waals surface area contributed by atoms with E-state index >= 15 is 0 Å². The van der Waals surface area contributed by atoms with Crippen LogP contribution in [0.5, 0.6) is 0 Å². The quantitative estimate of drug-likeness (QED) is 0.671. The van der Waals surface area contributed by atoms with E-state index in [-0.39, 0.29) is 6.42 Å². The average Bonchev–Trinajstić information content (AvgIpc) is 2.15. The molecule has 0 aromatic heterocycles. The van der Waals surface area contributed by atoms with Gasteiger partial charge in [0.2, 0.25) is 0 Å². The van der Waals surface area contributed by atoms with Crippen molar-refractivity contribution < 1.29 is 9.90 Å². The zero-order valence-electron chi connectivity index (χ0n) is 6.93. The minimum Gasteiger partial charge on any atom is -0.787 e. The highest BCUT2D eigenvalue weighted by Crippen LogP contribution is 2.02. The van der Waals surface area contributed by atoms with Crippen molar-refractivity contribution in [2.45, 2.75) is 12.5 Å². The highest BCUT2D eigenvalue weighted by molar-refractivity contribution is 5.73. The Labute approximate surface area is 75.8 Å². The van der Waals surface area contributed by atoms with Crippen molar-refractivity contribution in [3.63, 3.8) is 0 Å². The van der Waals surface area contributed by atoms with E-state index in [1.807, 2.05) is 6.07 Å². The van der Waals surface area contributed by atoms with Gasteiger partial charge >= 0.3 is 5.97 Å². The topological polar surface area (TPSA) is 72.4 Å². The molecule has 70 valence electrons. The Balaban J connectivity index is 2.62. The van der Waals surface area contributed by atoms with E-state index in [4.69, 9.17) is 5.11 Å². The highest BCUT2D eigenvalue weighted by atomic mass is 16.5. The molecule has 0 saturated carbocycles. The van der Waals surface area contributed by atoms with Crippen LogP contribution in [-0.2, 0) is 11.2 Å². The third-order valence-electron chi connectivity index (χ3n) is 1.72. The predicted octanol–water partition coefficient (Wildman–Crippen LogP) is 0.770. The van der Waals surface area contributed by atoms with Crippen LogP contribution >= 0.6 is 0 Å². The number of hydrogen-bond donors (Lipinski definition) is 2. The molecule has 0 aliphatic heterocycles. The van der Waals surface area contributed by atoms with Crippen molar-refractivity contribution in [3.8, 4) is 0 Å². The van der Waals surface area contributed by atoms with Gasteiger partial charge in [0.1, 0.15) is 0 Å². The van der Waals surface area contributed by atoms with Gasteiger partial charge in [-0.2, -0.15) is 0 Å². The van der Waals surface area contributed by atoms with Gasteiger partial charge < -0.3 is 15.8 Å². The lowest BCUT2D eigenvalue weighted by atomic mass is 10.1. The smallest absolute Gasteiger partial charge is 0.320 e. The second kappa shape index (κ2) is 4.59. The second-order valence-corrected chi connectivity index (χ2v) is 2.70. The normalized spacial score (nSPS) is 12.4. The first kappa shape index (κ1) is 9.70. The summed E-state index contributed by atoms with van der Waals surface area (Å²) < 4.78 is 0. The van der Waals surface area contributed by atoms with E-state index < -0.39 is 12.0 Å². The lowest BCUT2D eigenvalue weighted by molar-refractivity contribution is -0.139. The van der Waals surface area contributed by atoms with Gasteiger partial charge in [-0.3, -0.25) is 4.79 Å². The monoisotopic (exact) mass is 180 g/mol. The Hall–Kier alpha value is -1.39. The first-order valence-electron chi connectivity index (χ1n) is 3.88. The van der Waals surface area contributed by atoms with Crippen LogP contribution in [0.15, 0.2) is 30.3 Å². The number of carboxylic acid groups (broad SMARTS) is 1. The van der Waals surface area contributed by atoms with Gasteiger partial charge in [0, 0.05) is 0 Å². The summed E-state index contributed by atoms with van der Waals surface area (Å²) in [6, 6.07) is 7.96. The van der Waals surface area contributed by atoms with Crippen LogP contribution in [0, 0.1) is 5.21 Å². The summed E-state index contributed by atoms with van der Waals surface area (Å²) in [6.45, 7) is 0. The first-order valence-corrected chi connectivity index (χ1v) is 3.88. The number of aliphatic carboxylic acids is 1. The number of carbonyl (C=O) groups is 1. The lowest BCUT2D eigenvalue weighted by Crippen LogP contribution is -2.34. The van der Waals surface area contributed by atoms with Crippen LogP contribution < -0.4 is 5.48 Å². The van der Waals surface area contributed by atoms with Gasteiger partial charge in [0.05, 0.1) is 6.04 Å². The third kappa shape index (κ3) is 2.85. The maximum absolute atomic E-state index is 10.5. The maximum Gasteiger partial charge on any atom is 0.320 e. The summed E-state index contributed by atoms with van der Waals surface area (Å²) in [7, 11) is 0. The van der Waals surface area contributed by atoms with Crippen LogP contribution in [0.4, 0.5) is 0 Å². The van der Waals surface area contributed by atoms with E-state index in [0.717, 1.165) is 5.56 Å². The number of hydroxylamine groups is 1.